The number of halogens is 2. The lowest BCUT2D eigenvalue weighted by atomic mass is 10.3. The predicted octanol–water partition coefficient (Wildman–Crippen LogP) is 2.96. The highest BCUT2D eigenvalue weighted by Gasteiger charge is 2.09. The van der Waals surface area contributed by atoms with Gasteiger partial charge in [-0.05, 0) is 12.1 Å². The minimum Gasteiger partial charge on any atom is -0.400 e. The number of alkyl halides is 2. The zero-order chi connectivity index (χ0) is 9.68. The highest BCUT2D eigenvalue weighted by Crippen LogP contribution is 2.11. The number of para-hydroxylation sites is 1. The minimum atomic E-state index is -1.21. The molecule has 0 saturated carbocycles. The van der Waals surface area contributed by atoms with Crippen molar-refractivity contribution in [2.24, 2.45) is 0 Å². The lowest BCUT2D eigenvalue weighted by molar-refractivity contribution is 0.106. The smallest absolute Gasteiger partial charge is 0.400 e. The Hall–Kier alpha value is -0.930. The molecule has 0 bridgehead atoms. The second-order valence-electron chi connectivity index (χ2n) is 2.04. The van der Waals surface area contributed by atoms with Crippen LogP contribution in [0.5, 0.6) is 5.75 Å². The second kappa shape index (κ2) is 4.94. The molecule has 0 aromatic heterocycles. The molecule has 0 saturated heterocycles. The van der Waals surface area contributed by atoms with Crippen LogP contribution >= 0.6 is 23.2 Å². The van der Waals surface area contributed by atoms with Gasteiger partial charge < -0.3 is 9.47 Å². The van der Waals surface area contributed by atoms with Gasteiger partial charge in [0.2, 0.25) is 0 Å². The molecule has 0 aliphatic carbocycles. The first-order valence-electron chi connectivity index (χ1n) is 3.40. The zero-order valence-corrected chi connectivity index (χ0v) is 7.96. The molecule has 0 radical (unpaired) electrons. The molecular weight excluding hydrogens is 215 g/mol. The summed E-state index contributed by atoms with van der Waals surface area (Å²) in [5.74, 6) is 0.376. The Kier molecular flexibility index (Phi) is 3.86. The second-order valence-corrected chi connectivity index (χ2v) is 3.06. The average molecular weight is 221 g/mol. The van der Waals surface area contributed by atoms with Crippen molar-refractivity contribution in [2.75, 3.05) is 0 Å². The van der Waals surface area contributed by atoms with Crippen LogP contribution in [0.15, 0.2) is 30.3 Å². The highest BCUT2D eigenvalue weighted by atomic mass is 35.5. The monoisotopic (exact) mass is 220 g/mol. The summed E-state index contributed by atoms with van der Waals surface area (Å²) in [5.41, 5.74) is 0. The Morgan fingerprint density at radius 3 is 2.38 bits per heavy atom. The number of ether oxygens (including phenoxy) is 2. The van der Waals surface area contributed by atoms with Crippen LogP contribution in [-0.2, 0) is 4.74 Å². The molecule has 0 spiro atoms. The van der Waals surface area contributed by atoms with Crippen molar-refractivity contribution in [1.82, 2.24) is 0 Å². The molecule has 13 heavy (non-hydrogen) atoms. The lowest BCUT2D eigenvalue weighted by Gasteiger charge is -2.04. The first kappa shape index (κ1) is 10.2. The molecule has 0 fully saturated rings. The maximum absolute atomic E-state index is 10.8. The van der Waals surface area contributed by atoms with Gasteiger partial charge in [-0.2, -0.15) is 0 Å². The maximum Gasteiger partial charge on any atom is 0.516 e. The molecule has 70 valence electrons. The summed E-state index contributed by atoms with van der Waals surface area (Å²) in [6, 6.07) is 8.46. The van der Waals surface area contributed by atoms with Gasteiger partial charge in [-0.15, -0.1) is 0 Å². The Balaban J connectivity index is 2.46. The summed E-state index contributed by atoms with van der Waals surface area (Å²) in [4.78, 5) is 10.8. The van der Waals surface area contributed by atoms with E-state index < -0.39 is 11.2 Å². The molecule has 1 aromatic rings. The fourth-order valence-corrected chi connectivity index (χ4v) is 0.827. The minimum absolute atomic E-state index is 0.376. The Labute approximate surface area is 85.2 Å². The first-order chi connectivity index (χ1) is 6.18. The van der Waals surface area contributed by atoms with Crippen LogP contribution in [0.2, 0.25) is 0 Å². The summed E-state index contributed by atoms with van der Waals surface area (Å²) >= 11 is 10.4. The molecular formula is C8H6Cl2O3. The molecule has 0 aliphatic rings. The van der Waals surface area contributed by atoms with Crippen LogP contribution in [0.1, 0.15) is 0 Å². The van der Waals surface area contributed by atoms with Gasteiger partial charge in [-0.3, -0.25) is 0 Å². The van der Waals surface area contributed by atoms with Gasteiger partial charge in [-0.1, -0.05) is 41.4 Å². The topological polar surface area (TPSA) is 35.5 Å². The van der Waals surface area contributed by atoms with E-state index in [0.29, 0.717) is 5.75 Å². The van der Waals surface area contributed by atoms with E-state index in [2.05, 4.69) is 4.74 Å². The Morgan fingerprint density at radius 1 is 1.23 bits per heavy atom. The van der Waals surface area contributed by atoms with E-state index in [0.717, 1.165) is 0 Å². The van der Waals surface area contributed by atoms with Crippen molar-refractivity contribution in [3.05, 3.63) is 30.3 Å². The summed E-state index contributed by atoms with van der Waals surface area (Å²) in [7, 11) is 0. The highest BCUT2D eigenvalue weighted by molar-refractivity contribution is 6.43. The van der Waals surface area contributed by atoms with Crippen LogP contribution in [0.25, 0.3) is 0 Å². The standard InChI is InChI=1S/C8H6Cl2O3/c9-7(10)13-8(11)12-6-4-2-1-3-5-6/h1-5,7H. The number of carbonyl (C=O) groups is 1. The Bertz CT molecular complexity index is 274. The van der Waals surface area contributed by atoms with Crippen LogP contribution in [0.4, 0.5) is 4.79 Å². The van der Waals surface area contributed by atoms with Crippen molar-refractivity contribution in [3.63, 3.8) is 0 Å². The van der Waals surface area contributed by atoms with E-state index in [1.165, 1.54) is 0 Å². The third-order valence-corrected chi connectivity index (χ3v) is 1.31. The molecule has 1 aromatic carbocycles. The van der Waals surface area contributed by atoms with Crippen LogP contribution in [-0.4, -0.2) is 11.2 Å². The number of rotatable bonds is 2. The number of benzene rings is 1. The van der Waals surface area contributed by atoms with Gasteiger partial charge in [0.15, 0.2) is 0 Å². The molecule has 0 amide bonds. The van der Waals surface area contributed by atoms with E-state index in [9.17, 15) is 4.79 Å². The van der Waals surface area contributed by atoms with E-state index in [4.69, 9.17) is 27.9 Å². The summed E-state index contributed by atoms with van der Waals surface area (Å²) in [6.45, 7) is 0. The molecule has 0 atom stereocenters. The van der Waals surface area contributed by atoms with Gasteiger partial charge in [-0.25, -0.2) is 4.79 Å². The van der Waals surface area contributed by atoms with E-state index in [1.54, 1.807) is 30.3 Å². The largest absolute Gasteiger partial charge is 0.516 e. The first-order valence-corrected chi connectivity index (χ1v) is 4.27. The molecule has 1 rings (SSSR count). The van der Waals surface area contributed by atoms with Gasteiger partial charge in [0.05, 0.1) is 0 Å². The van der Waals surface area contributed by atoms with Crippen LogP contribution < -0.4 is 4.74 Å². The van der Waals surface area contributed by atoms with Crippen molar-refractivity contribution >= 4 is 29.4 Å². The summed E-state index contributed by atoms with van der Waals surface area (Å²) < 4.78 is 9.02. The van der Waals surface area contributed by atoms with Gasteiger partial charge >= 0.3 is 6.16 Å². The van der Waals surface area contributed by atoms with Crippen molar-refractivity contribution in [2.45, 2.75) is 5.02 Å². The van der Waals surface area contributed by atoms with E-state index in [1.807, 2.05) is 0 Å². The van der Waals surface area contributed by atoms with E-state index in [-0.39, 0.29) is 0 Å². The number of carbonyl (C=O) groups excluding carboxylic acids is 1. The van der Waals surface area contributed by atoms with Crippen molar-refractivity contribution in [1.29, 1.82) is 0 Å². The molecule has 3 nitrogen and oxygen atoms in total. The fraction of sp³-hybridized carbons (Fsp3) is 0.125. The van der Waals surface area contributed by atoms with Crippen LogP contribution in [0, 0.1) is 0 Å². The molecule has 0 heterocycles. The Morgan fingerprint density at radius 2 is 1.85 bits per heavy atom. The summed E-state index contributed by atoms with van der Waals surface area (Å²) in [5, 5.41) is -1.21. The quantitative estimate of drug-likeness (QED) is 0.437. The van der Waals surface area contributed by atoms with Gasteiger partial charge in [0, 0.05) is 0 Å². The molecule has 0 N–H and O–H groups in total. The maximum atomic E-state index is 10.8. The molecule has 5 heteroatoms. The molecule has 0 unspecified atom stereocenters. The number of hydrogen-bond acceptors (Lipinski definition) is 3. The summed E-state index contributed by atoms with van der Waals surface area (Å²) in [6.07, 6.45) is -0.929. The predicted molar refractivity (Wildman–Crippen MR) is 49.0 cm³/mol. The lowest BCUT2D eigenvalue weighted by Crippen LogP contribution is -2.12. The normalized spacial score (nSPS) is 9.77. The third kappa shape index (κ3) is 4.01. The molecule has 0 aliphatic heterocycles. The van der Waals surface area contributed by atoms with Gasteiger partial charge in [0.25, 0.3) is 5.02 Å². The van der Waals surface area contributed by atoms with Crippen LogP contribution in [0.3, 0.4) is 0 Å². The van der Waals surface area contributed by atoms with Gasteiger partial charge in [0.1, 0.15) is 5.75 Å². The fourth-order valence-electron chi connectivity index (χ4n) is 0.682. The zero-order valence-electron chi connectivity index (χ0n) is 6.44. The average Bonchev–Trinajstić information content (AvgIpc) is 2.04. The van der Waals surface area contributed by atoms with E-state index >= 15 is 0 Å². The SMILES string of the molecule is O=C(Oc1ccccc1)OC(Cl)Cl. The van der Waals surface area contributed by atoms with Crippen molar-refractivity contribution in [3.8, 4) is 5.75 Å². The van der Waals surface area contributed by atoms with Crippen molar-refractivity contribution < 1.29 is 14.3 Å². The third-order valence-electron chi connectivity index (χ3n) is 1.13. The number of hydrogen-bond donors (Lipinski definition) is 0.